The van der Waals surface area contributed by atoms with Crippen molar-refractivity contribution in [2.45, 2.75) is 45.1 Å². The molecule has 6 heteroatoms. The van der Waals surface area contributed by atoms with Gasteiger partial charge in [-0.1, -0.05) is 31.9 Å². The van der Waals surface area contributed by atoms with Crippen molar-refractivity contribution in [2.75, 3.05) is 11.9 Å². The lowest BCUT2D eigenvalue weighted by Gasteiger charge is -2.27. The highest BCUT2D eigenvalue weighted by molar-refractivity contribution is 5.77. The van der Waals surface area contributed by atoms with Gasteiger partial charge >= 0.3 is 0 Å². The van der Waals surface area contributed by atoms with E-state index in [1.54, 1.807) is 18.2 Å². The van der Waals surface area contributed by atoms with Crippen LogP contribution in [0.4, 0.5) is 11.4 Å². The third kappa shape index (κ3) is 4.72. The molecule has 0 saturated heterocycles. The van der Waals surface area contributed by atoms with Gasteiger partial charge in [0.15, 0.2) is 0 Å². The lowest BCUT2D eigenvalue weighted by atomic mass is 9.87. The van der Waals surface area contributed by atoms with Gasteiger partial charge in [-0.25, -0.2) is 0 Å². The maximum absolute atomic E-state index is 11.9. The number of amides is 1. The molecular formula is C16H23N3O3. The maximum atomic E-state index is 11.9. The number of nitrogens with one attached hydrogen (secondary N) is 2. The summed E-state index contributed by atoms with van der Waals surface area (Å²) in [6.07, 6.45) is 4.82. The summed E-state index contributed by atoms with van der Waals surface area (Å²) in [6, 6.07) is 6.74. The van der Waals surface area contributed by atoms with Crippen LogP contribution in [0.3, 0.4) is 0 Å². The summed E-state index contributed by atoms with van der Waals surface area (Å²) in [5.41, 5.74) is 0.482. The molecule has 0 spiro atoms. The highest BCUT2D eigenvalue weighted by Crippen LogP contribution is 2.24. The van der Waals surface area contributed by atoms with Crippen LogP contribution < -0.4 is 10.6 Å². The molecule has 0 radical (unpaired) electrons. The molecule has 120 valence electrons. The number of para-hydroxylation sites is 2. The van der Waals surface area contributed by atoms with Gasteiger partial charge in [-0.15, -0.1) is 0 Å². The van der Waals surface area contributed by atoms with Crippen molar-refractivity contribution in [2.24, 2.45) is 5.92 Å². The molecular weight excluding hydrogens is 282 g/mol. The van der Waals surface area contributed by atoms with E-state index in [9.17, 15) is 14.9 Å². The first-order chi connectivity index (χ1) is 10.6. The first-order valence-corrected chi connectivity index (χ1v) is 7.83. The van der Waals surface area contributed by atoms with Crippen LogP contribution in [0, 0.1) is 16.0 Å². The first kappa shape index (κ1) is 16.3. The summed E-state index contributed by atoms with van der Waals surface area (Å²) in [4.78, 5) is 22.4. The summed E-state index contributed by atoms with van der Waals surface area (Å²) < 4.78 is 0. The van der Waals surface area contributed by atoms with Gasteiger partial charge in [0.05, 0.1) is 4.92 Å². The van der Waals surface area contributed by atoms with Gasteiger partial charge in [0.2, 0.25) is 5.91 Å². The molecule has 1 aromatic rings. The van der Waals surface area contributed by atoms with Crippen LogP contribution >= 0.6 is 0 Å². The fourth-order valence-electron chi connectivity index (χ4n) is 2.96. The van der Waals surface area contributed by atoms with E-state index in [0.717, 1.165) is 12.8 Å². The van der Waals surface area contributed by atoms with Gasteiger partial charge in [-0.3, -0.25) is 14.9 Å². The van der Waals surface area contributed by atoms with E-state index in [1.807, 2.05) is 0 Å². The van der Waals surface area contributed by atoms with E-state index >= 15 is 0 Å². The van der Waals surface area contributed by atoms with Crippen LogP contribution in [0.25, 0.3) is 0 Å². The number of hydrogen-bond acceptors (Lipinski definition) is 4. The predicted molar refractivity (Wildman–Crippen MR) is 85.8 cm³/mol. The zero-order valence-corrected chi connectivity index (χ0v) is 12.9. The molecule has 2 N–H and O–H groups in total. The lowest BCUT2D eigenvalue weighted by Crippen LogP contribution is -2.38. The van der Waals surface area contributed by atoms with E-state index in [2.05, 4.69) is 17.6 Å². The van der Waals surface area contributed by atoms with E-state index in [4.69, 9.17) is 0 Å². The monoisotopic (exact) mass is 305 g/mol. The normalized spacial score (nSPS) is 21.1. The second-order valence-electron chi connectivity index (χ2n) is 5.99. The first-order valence-electron chi connectivity index (χ1n) is 7.83. The number of nitro groups is 1. The summed E-state index contributed by atoms with van der Waals surface area (Å²) in [5, 5.41) is 16.9. The van der Waals surface area contributed by atoms with Crippen LogP contribution in [-0.2, 0) is 4.79 Å². The van der Waals surface area contributed by atoms with Gasteiger partial charge in [0.25, 0.3) is 5.69 Å². The highest BCUT2D eigenvalue weighted by atomic mass is 16.6. The Balaban J connectivity index is 1.76. The number of nitro benzene ring substituents is 1. The Kier molecular flexibility index (Phi) is 5.75. The molecule has 2 rings (SSSR count). The molecule has 6 nitrogen and oxygen atoms in total. The molecule has 1 aliphatic carbocycles. The third-order valence-electron chi connectivity index (χ3n) is 4.07. The quantitative estimate of drug-likeness (QED) is 0.625. The Bertz CT molecular complexity index is 533. The molecule has 2 unspecified atom stereocenters. The van der Waals surface area contributed by atoms with E-state index in [0.29, 0.717) is 24.6 Å². The second kappa shape index (κ2) is 7.77. The van der Waals surface area contributed by atoms with Crippen LogP contribution in [0.15, 0.2) is 24.3 Å². The van der Waals surface area contributed by atoms with E-state index < -0.39 is 4.92 Å². The van der Waals surface area contributed by atoms with Crippen LogP contribution in [0.5, 0.6) is 0 Å². The second-order valence-corrected chi connectivity index (χ2v) is 5.99. The number of hydrogen-bond donors (Lipinski definition) is 2. The van der Waals surface area contributed by atoms with Gasteiger partial charge in [0, 0.05) is 25.1 Å². The standard InChI is InChI=1S/C16H23N3O3/c1-12-5-4-6-13(11-12)18-16(20)9-10-17-14-7-2-3-8-15(14)19(21)22/h2-3,7-8,12-13,17H,4-6,9-11H2,1H3,(H,18,20). The molecule has 0 aromatic heterocycles. The Morgan fingerprint density at radius 1 is 1.36 bits per heavy atom. The number of rotatable bonds is 6. The van der Waals surface area contributed by atoms with Crippen molar-refractivity contribution in [1.82, 2.24) is 5.32 Å². The summed E-state index contributed by atoms with van der Waals surface area (Å²) >= 11 is 0. The average Bonchev–Trinajstić information content (AvgIpc) is 2.47. The predicted octanol–water partition coefficient (Wildman–Crippen LogP) is 3.09. The highest BCUT2D eigenvalue weighted by Gasteiger charge is 2.20. The Labute approximate surface area is 130 Å². The number of carbonyl (C=O) groups is 1. The van der Waals surface area contributed by atoms with E-state index in [1.165, 1.54) is 18.9 Å². The van der Waals surface area contributed by atoms with Crippen LogP contribution in [0.2, 0.25) is 0 Å². The fourth-order valence-corrected chi connectivity index (χ4v) is 2.96. The molecule has 1 aliphatic rings. The zero-order chi connectivity index (χ0) is 15.9. The van der Waals surface area contributed by atoms with Crippen molar-refractivity contribution < 1.29 is 9.72 Å². The molecule has 1 amide bonds. The molecule has 0 aliphatic heterocycles. The Morgan fingerprint density at radius 2 is 2.14 bits per heavy atom. The van der Waals surface area contributed by atoms with Crippen LogP contribution in [0.1, 0.15) is 39.0 Å². The minimum atomic E-state index is -0.425. The lowest BCUT2D eigenvalue weighted by molar-refractivity contribution is -0.384. The largest absolute Gasteiger partial charge is 0.379 e. The number of anilines is 1. The SMILES string of the molecule is CC1CCCC(NC(=O)CCNc2ccccc2[N+](=O)[O-])C1. The fraction of sp³-hybridized carbons (Fsp3) is 0.562. The van der Waals surface area contributed by atoms with Gasteiger partial charge < -0.3 is 10.6 Å². The molecule has 1 fully saturated rings. The van der Waals surface area contributed by atoms with Crippen molar-refractivity contribution in [3.63, 3.8) is 0 Å². The number of carbonyl (C=O) groups excluding carboxylic acids is 1. The summed E-state index contributed by atoms with van der Waals surface area (Å²) in [5.74, 6) is 0.675. The molecule has 2 atom stereocenters. The minimum absolute atomic E-state index is 0.00480. The maximum Gasteiger partial charge on any atom is 0.292 e. The Morgan fingerprint density at radius 3 is 2.86 bits per heavy atom. The van der Waals surface area contributed by atoms with Gasteiger partial charge in [0.1, 0.15) is 5.69 Å². The molecule has 0 bridgehead atoms. The summed E-state index contributed by atoms with van der Waals surface area (Å²) in [6.45, 7) is 2.60. The molecule has 0 heterocycles. The van der Waals surface area contributed by atoms with Crippen molar-refractivity contribution in [3.8, 4) is 0 Å². The van der Waals surface area contributed by atoms with Crippen LogP contribution in [-0.4, -0.2) is 23.4 Å². The number of nitrogens with zero attached hydrogens (tertiary/aromatic N) is 1. The third-order valence-corrected chi connectivity index (χ3v) is 4.07. The molecule has 1 saturated carbocycles. The summed E-state index contributed by atoms with van der Waals surface area (Å²) in [7, 11) is 0. The smallest absolute Gasteiger partial charge is 0.292 e. The topological polar surface area (TPSA) is 84.3 Å². The zero-order valence-electron chi connectivity index (χ0n) is 12.9. The average molecular weight is 305 g/mol. The van der Waals surface area contributed by atoms with Gasteiger partial charge in [-0.05, 0) is 24.8 Å². The molecule has 22 heavy (non-hydrogen) atoms. The minimum Gasteiger partial charge on any atom is -0.379 e. The van der Waals surface area contributed by atoms with Gasteiger partial charge in [-0.2, -0.15) is 0 Å². The van der Waals surface area contributed by atoms with Crippen molar-refractivity contribution >= 4 is 17.3 Å². The number of benzene rings is 1. The Hall–Kier alpha value is -2.11. The molecule has 1 aromatic carbocycles. The van der Waals surface area contributed by atoms with E-state index in [-0.39, 0.29) is 17.6 Å². The van der Waals surface area contributed by atoms with Crippen molar-refractivity contribution in [3.05, 3.63) is 34.4 Å². The van der Waals surface area contributed by atoms with Crippen molar-refractivity contribution in [1.29, 1.82) is 0 Å².